The lowest BCUT2D eigenvalue weighted by Crippen LogP contribution is -2.20. The number of hydrogen-bond acceptors (Lipinski definition) is 4. The Morgan fingerprint density at radius 2 is 2.06 bits per heavy atom. The van der Waals surface area contributed by atoms with E-state index >= 15 is 0 Å². The molecule has 2 aromatic rings. The van der Waals surface area contributed by atoms with Crippen LogP contribution in [-0.2, 0) is 0 Å². The van der Waals surface area contributed by atoms with Gasteiger partial charge in [0.15, 0.2) is 0 Å². The maximum absolute atomic E-state index is 11.8. The van der Waals surface area contributed by atoms with Gasteiger partial charge >= 0.3 is 5.63 Å². The number of para-hydroxylation sites is 1. The summed E-state index contributed by atoms with van der Waals surface area (Å²) in [6, 6.07) is 8.90. The minimum absolute atomic E-state index is 0.306. The van der Waals surface area contributed by atoms with E-state index in [1.807, 2.05) is 24.3 Å². The van der Waals surface area contributed by atoms with E-state index in [0.717, 1.165) is 11.8 Å². The van der Waals surface area contributed by atoms with Crippen LogP contribution in [0, 0.1) is 0 Å². The van der Waals surface area contributed by atoms with Crippen molar-refractivity contribution in [3.63, 3.8) is 0 Å². The van der Waals surface area contributed by atoms with Gasteiger partial charge in [-0.1, -0.05) is 18.2 Å². The van der Waals surface area contributed by atoms with Crippen LogP contribution in [-0.4, -0.2) is 6.54 Å². The van der Waals surface area contributed by atoms with Gasteiger partial charge in [0.2, 0.25) is 0 Å². The van der Waals surface area contributed by atoms with Crippen molar-refractivity contribution in [2.75, 3.05) is 6.54 Å². The normalized spacial score (nSPS) is 12.8. The van der Waals surface area contributed by atoms with Gasteiger partial charge in [-0.15, -0.1) is 0 Å². The van der Waals surface area contributed by atoms with Crippen molar-refractivity contribution in [3.05, 3.63) is 46.3 Å². The summed E-state index contributed by atoms with van der Waals surface area (Å²) in [5.74, 6) is 0. The van der Waals surface area contributed by atoms with Crippen molar-refractivity contribution in [1.29, 1.82) is 0 Å². The molecule has 4 N–H and O–H groups in total. The van der Waals surface area contributed by atoms with Crippen LogP contribution in [0.1, 0.15) is 24.4 Å². The molecule has 0 saturated heterocycles. The van der Waals surface area contributed by atoms with Crippen molar-refractivity contribution in [3.8, 4) is 0 Å². The summed E-state index contributed by atoms with van der Waals surface area (Å²) >= 11 is 0. The molecule has 1 unspecified atom stereocenters. The Morgan fingerprint density at radius 1 is 1.29 bits per heavy atom. The highest BCUT2D eigenvalue weighted by molar-refractivity contribution is 5.76. The van der Waals surface area contributed by atoms with Crippen LogP contribution >= 0.6 is 0 Å². The third-order valence-corrected chi connectivity index (χ3v) is 2.79. The van der Waals surface area contributed by atoms with Gasteiger partial charge in [-0.3, -0.25) is 0 Å². The lowest BCUT2D eigenvalue weighted by molar-refractivity contribution is 0.523. The number of hydrogen-bond donors (Lipinski definition) is 2. The van der Waals surface area contributed by atoms with E-state index < -0.39 is 0 Å². The molecule has 0 aliphatic carbocycles. The van der Waals surface area contributed by atoms with E-state index in [1.165, 1.54) is 0 Å². The Balaban J connectivity index is 2.40. The molecule has 1 aromatic carbocycles. The van der Waals surface area contributed by atoms with Crippen molar-refractivity contribution in [2.24, 2.45) is 11.5 Å². The van der Waals surface area contributed by atoms with Crippen molar-refractivity contribution in [2.45, 2.75) is 18.9 Å². The van der Waals surface area contributed by atoms with Gasteiger partial charge in [-0.2, -0.15) is 0 Å². The second-order valence-corrected chi connectivity index (χ2v) is 4.06. The highest BCUT2D eigenvalue weighted by atomic mass is 16.4. The minimum Gasteiger partial charge on any atom is -0.422 e. The Hall–Kier alpha value is -1.65. The summed E-state index contributed by atoms with van der Waals surface area (Å²) in [5.41, 5.74) is 12.1. The van der Waals surface area contributed by atoms with Crippen LogP contribution in [0.25, 0.3) is 11.0 Å². The van der Waals surface area contributed by atoms with Gasteiger partial charge in [-0.25, -0.2) is 4.79 Å². The smallest absolute Gasteiger partial charge is 0.341 e. The minimum atomic E-state index is -0.353. The topological polar surface area (TPSA) is 82.2 Å². The van der Waals surface area contributed by atoms with E-state index in [0.29, 0.717) is 24.1 Å². The first-order valence-corrected chi connectivity index (χ1v) is 5.71. The van der Waals surface area contributed by atoms with E-state index in [2.05, 4.69) is 0 Å². The summed E-state index contributed by atoms with van der Waals surface area (Å²) in [4.78, 5) is 11.8. The number of benzene rings is 1. The second-order valence-electron chi connectivity index (χ2n) is 4.06. The van der Waals surface area contributed by atoms with E-state index in [4.69, 9.17) is 15.9 Å². The van der Waals surface area contributed by atoms with Gasteiger partial charge < -0.3 is 15.9 Å². The SMILES string of the molecule is NCCCC(N)c1cc2ccccc2oc1=O. The van der Waals surface area contributed by atoms with Crippen LogP contribution in [0.15, 0.2) is 39.5 Å². The van der Waals surface area contributed by atoms with Crippen molar-refractivity contribution >= 4 is 11.0 Å². The Kier molecular flexibility index (Phi) is 3.56. The molecule has 0 aliphatic rings. The van der Waals surface area contributed by atoms with Gasteiger partial charge in [0.1, 0.15) is 5.58 Å². The lowest BCUT2D eigenvalue weighted by Gasteiger charge is -2.10. The standard InChI is InChI=1S/C13H16N2O2/c14-7-3-5-11(15)10-8-9-4-1-2-6-12(9)17-13(10)16/h1-2,4,6,8,11H,3,5,7,14-15H2. The molecule has 0 saturated carbocycles. The quantitative estimate of drug-likeness (QED) is 0.783. The molecule has 17 heavy (non-hydrogen) atoms. The monoisotopic (exact) mass is 232 g/mol. The molecule has 1 aromatic heterocycles. The lowest BCUT2D eigenvalue weighted by atomic mass is 10.0. The van der Waals surface area contributed by atoms with Crippen LogP contribution in [0.4, 0.5) is 0 Å². The Labute approximate surface area is 99.2 Å². The fraction of sp³-hybridized carbons (Fsp3) is 0.308. The summed E-state index contributed by atoms with van der Waals surface area (Å²) in [5, 5.41) is 0.894. The third-order valence-electron chi connectivity index (χ3n) is 2.79. The van der Waals surface area contributed by atoms with Gasteiger partial charge in [-0.05, 0) is 31.5 Å². The molecule has 4 heteroatoms. The first kappa shape index (κ1) is 11.8. The first-order chi connectivity index (χ1) is 8.22. The summed E-state index contributed by atoms with van der Waals surface area (Å²) in [6.07, 6.45) is 1.49. The molecule has 1 heterocycles. The summed E-state index contributed by atoms with van der Waals surface area (Å²) < 4.78 is 5.23. The maximum Gasteiger partial charge on any atom is 0.341 e. The fourth-order valence-electron chi connectivity index (χ4n) is 1.83. The largest absolute Gasteiger partial charge is 0.422 e. The number of rotatable bonds is 4. The molecule has 0 amide bonds. The maximum atomic E-state index is 11.8. The molecule has 90 valence electrons. The van der Waals surface area contributed by atoms with Gasteiger partial charge in [0.05, 0.1) is 5.56 Å². The molecule has 0 bridgehead atoms. The van der Waals surface area contributed by atoms with Crippen LogP contribution in [0.2, 0.25) is 0 Å². The van der Waals surface area contributed by atoms with E-state index in [9.17, 15) is 4.79 Å². The van der Waals surface area contributed by atoms with Crippen LogP contribution in [0.3, 0.4) is 0 Å². The molecule has 0 fully saturated rings. The zero-order chi connectivity index (χ0) is 12.3. The first-order valence-electron chi connectivity index (χ1n) is 5.71. The molecule has 4 nitrogen and oxygen atoms in total. The Morgan fingerprint density at radius 3 is 2.82 bits per heavy atom. The van der Waals surface area contributed by atoms with Crippen LogP contribution in [0.5, 0.6) is 0 Å². The van der Waals surface area contributed by atoms with Crippen LogP contribution < -0.4 is 17.1 Å². The predicted molar refractivity (Wildman–Crippen MR) is 67.7 cm³/mol. The molecule has 1 atom stereocenters. The summed E-state index contributed by atoms with van der Waals surface area (Å²) in [7, 11) is 0. The van der Waals surface area contributed by atoms with Crippen molar-refractivity contribution in [1.82, 2.24) is 0 Å². The van der Waals surface area contributed by atoms with E-state index in [-0.39, 0.29) is 11.7 Å². The molecule has 2 rings (SSSR count). The number of nitrogens with two attached hydrogens (primary N) is 2. The highest BCUT2D eigenvalue weighted by Gasteiger charge is 2.12. The average Bonchev–Trinajstić information content (AvgIpc) is 2.35. The number of fused-ring (bicyclic) bond motifs is 1. The zero-order valence-corrected chi connectivity index (χ0v) is 9.56. The third kappa shape index (κ3) is 2.54. The molecule has 0 radical (unpaired) electrons. The predicted octanol–water partition coefficient (Wildman–Crippen LogP) is 1.53. The Bertz CT molecular complexity index is 563. The van der Waals surface area contributed by atoms with Gasteiger partial charge in [0, 0.05) is 11.4 Å². The molecule has 0 spiro atoms. The highest BCUT2D eigenvalue weighted by Crippen LogP contribution is 2.18. The molecule has 0 aliphatic heterocycles. The average molecular weight is 232 g/mol. The zero-order valence-electron chi connectivity index (χ0n) is 9.56. The molecular weight excluding hydrogens is 216 g/mol. The molecular formula is C13H16N2O2. The van der Waals surface area contributed by atoms with Crippen molar-refractivity contribution < 1.29 is 4.42 Å². The fourth-order valence-corrected chi connectivity index (χ4v) is 1.83. The van der Waals surface area contributed by atoms with Gasteiger partial charge in [0.25, 0.3) is 0 Å². The summed E-state index contributed by atoms with van der Waals surface area (Å²) in [6.45, 7) is 0.576. The van der Waals surface area contributed by atoms with E-state index in [1.54, 1.807) is 6.07 Å². The second kappa shape index (κ2) is 5.12.